The zero-order valence-electron chi connectivity index (χ0n) is 12.4. The van der Waals surface area contributed by atoms with Crippen LogP contribution in [0.2, 0.25) is 0 Å². The molecule has 0 aliphatic heterocycles. The SMILES string of the molecule is CCOC(=O)Cc1csc(Nc2cccc(NC(C)=O)c2)n1. The van der Waals surface area contributed by atoms with Gasteiger partial charge in [0.1, 0.15) is 0 Å². The van der Waals surface area contributed by atoms with Crippen LogP contribution < -0.4 is 10.6 Å². The standard InChI is InChI=1S/C15H17N3O3S/c1-3-21-14(20)8-13-9-22-15(18-13)17-12-6-4-5-11(7-12)16-10(2)19/h4-7,9H,3,8H2,1-2H3,(H,16,19)(H,17,18). The van der Waals surface area contributed by atoms with Crippen molar-refractivity contribution in [2.24, 2.45) is 0 Å². The lowest BCUT2D eigenvalue weighted by Crippen LogP contribution is -2.07. The molecule has 2 aromatic rings. The van der Waals surface area contributed by atoms with E-state index in [0.29, 0.717) is 23.1 Å². The van der Waals surface area contributed by atoms with E-state index >= 15 is 0 Å². The fourth-order valence-corrected chi connectivity index (χ4v) is 2.54. The largest absolute Gasteiger partial charge is 0.466 e. The molecule has 0 unspecified atom stereocenters. The molecule has 0 spiro atoms. The predicted octanol–water partition coefficient (Wildman–Crippen LogP) is 2.95. The topological polar surface area (TPSA) is 80.3 Å². The summed E-state index contributed by atoms with van der Waals surface area (Å²) in [5, 5.41) is 8.36. The molecule has 116 valence electrons. The van der Waals surface area contributed by atoms with Gasteiger partial charge in [0.05, 0.1) is 18.7 Å². The highest BCUT2D eigenvalue weighted by Crippen LogP contribution is 2.23. The molecule has 1 amide bonds. The van der Waals surface area contributed by atoms with E-state index in [1.165, 1.54) is 18.3 Å². The Hall–Kier alpha value is -2.41. The van der Waals surface area contributed by atoms with E-state index in [4.69, 9.17) is 4.74 Å². The van der Waals surface area contributed by atoms with Crippen LogP contribution in [0.3, 0.4) is 0 Å². The summed E-state index contributed by atoms with van der Waals surface area (Å²) >= 11 is 1.41. The molecule has 0 aliphatic carbocycles. The Morgan fingerprint density at radius 1 is 1.32 bits per heavy atom. The first-order valence-electron chi connectivity index (χ1n) is 6.81. The third kappa shape index (κ3) is 4.85. The van der Waals surface area contributed by atoms with Gasteiger partial charge in [-0.1, -0.05) is 6.07 Å². The summed E-state index contributed by atoms with van der Waals surface area (Å²) < 4.78 is 4.89. The molecule has 2 N–H and O–H groups in total. The summed E-state index contributed by atoms with van der Waals surface area (Å²) in [6, 6.07) is 7.33. The Labute approximate surface area is 132 Å². The van der Waals surface area contributed by atoms with Crippen molar-refractivity contribution in [2.45, 2.75) is 20.3 Å². The minimum Gasteiger partial charge on any atom is -0.466 e. The summed E-state index contributed by atoms with van der Waals surface area (Å²) in [5.74, 6) is -0.407. The van der Waals surface area contributed by atoms with Crippen LogP contribution in [-0.4, -0.2) is 23.5 Å². The summed E-state index contributed by atoms with van der Waals surface area (Å²) in [6.45, 7) is 3.60. The molecule has 0 radical (unpaired) electrons. The van der Waals surface area contributed by atoms with Gasteiger partial charge in [0, 0.05) is 23.7 Å². The molecule has 1 aromatic heterocycles. The van der Waals surface area contributed by atoms with Crippen molar-refractivity contribution >= 4 is 39.7 Å². The molecule has 0 atom stereocenters. The fraction of sp³-hybridized carbons (Fsp3) is 0.267. The minimum absolute atomic E-state index is 0.122. The summed E-state index contributed by atoms with van der Waals surface area (Å²) in [5.41, 5.74) is 2.19. The molecular formula is C15H17N3O3S. The van der Waals surface area contributed by atoms with E-state index in [1.54, 1.807) is 13.0 Å². The Morgan fingerprint density at radius 3 is 2.82 bits per heavy atom. The van der Waals surface area contributed by atoms with Gasteiger partial charge in [-0.25, -0.2) is 4.98 Å². The highest BCUT2D eigenvalue weighted by Gasteiger charge is 2.08. The van der Waals surface area contributed by atoms with Gasteiger partial charge in [0.2, 0.25) is 5.91 Å². The van der Waals surface area contributed by atoms with Gasteiger partial charge in [-0.15, -0.1) is 11.3 Å². The quantitative estimate of drug-likeness (QED) is 0.800. The molecule has 0 saturated carbocycles. The maximum atomic E-state index is 11.4. The van der Waals surface area contributed by atoms with Crippen molar-refractivity contribution in [3.8, 4) is 0 Å². The average Bonchev–Trinajstić information content (AvgIpc) is 2.85. The zero-order chi connectivity index (χ0) is 15.9. The van der Waals surface area contributed by atoms with E-state index in [1.807, 2.05) is 23.6 Å². The molecule has 22 heavy (non-hydrogen) atoms. The highest BCUT2D eigenvalue weighted by molar-refractivity contribution is 7.13. The minimum atomic E-state index is -0.285. The van der Waals surface area contributed by atoms with Crippen LogP contribution in [0.25, 0.3) is 0 Å². The van der Waals surface area contributed by atoms with Crippen LogP contribution in [0.15, 0.2) is 29.6 Å². The molecule has 1 aromatic carbocycles. The first kappa shape index (κ1) is 16.0. The fourth-order valence-electron chi connectivity index (χ4n) is 1.81. The number of nitrogens with zero attached hydrogens (tertiary/aromatic N) is 1. The van der Waals surface area contributed by atoms with E-state index in [-0.39, 0.29) is 18.3 Å². The molecule has 0 aliphatic rings. The second-order valence-electron chi connectivity index (χ2n) is 4.51. The Kier molecular flexibility index (Phi) is 5.48. The first-order valence-corrected chi connectivity index (χ1v) is 7.69. The van der Waals surface area contributed by atoms with E-state index in [2.05, 4.69) is 15.6 Å². The number of thiazole rings is 1. The Bertz CT molecular complexity index is 670. The number of esters is 1. The number of hydrogen-bond donors (Lipinski definition) is 2. The number of amides is 1. The summed E-state index contributed by atoms with van der Waals surface area (Å²) in [4.78, 5) is 26.8. The third-order valence-corrected chi connectivity index (χ3v) is 3.42. The van der Waals surface area contributed by atoms with Gasteiger partial charge in [-0.3, -0.25) is 9.59 Å². The van der Waals surface area contributed by atoms with Crippen LogP contribution >= 0.6 is 11.3 Å². The van der Waals surface area contributed by atoms with Crippen LogP contribution in [0.5, 0.6) is 0 Å². The highest BCUT2D eigenvalue weighted by atomic mass is 32.1. The number of carbonyl (C=O) groups excluding carboxylic acids is 2. The lowest BCUT2D eigenvalue weighted by molar-refractivity contribution is -0.142. The number of anilines is 3. The van der Waals surface area contributed by atoms with Gasteiger partial charge in [0.25, 0.3) is 0 Å². The van der Waals surface area contributed by atoms with Gasteiger partial charge in [0.15, 0.2) is 5.13 Å². The van der Waals surface area contributed by atoms with Crippen LogP contribution in [-0.2, 0) is 20.7 Å². The smallest absolute Gasteiger partial charge is 0.311 e. The maximum Gasteiger partial charge on any atom is 0.311 e. The molecule has 0 saturated heterocycles. The van der Waals surface area contributed by atoms with E-state index in [9.17, 15) is 9.59 Å². The molecule has 0 bridgehead atoms. The van der Waals surface area contributed by atoms with Crippen molar-refractivity contribution in [1.29, 1.82) is 0 Å². The normalized spacial score (nSPS) is 10.1. The van der Waals surface area contributed by atoms with Gasteiger partial charge >= 0.3 is 5.97 Å². The monoisotopic (exact) mass is 319 g/mol. The van der Waals surface area contributed by atoms with Gasteiger partial charge in [-0.05, 0) is 25.1 Å². The van der Waals surface area contributed by atoms with Gasteiger partial charge < -0.3 is 15.4 Å². The lowest BCUT2D eigenvalue weighted by Gasteiger charge is -2.06. The number of aromatic nitrogens is 1. The van der Waals surface area contributed by atoms with Crippen molar-refractivity contribution in [3.63, 3.8) is 0 Å². The summed E-state index contributed by atoms with van der Waals surface area (Å²) in [7, 11) is 0. The summed E-state index contributed by atoms with van der Waals surface area (Å²) in [6.07, 6.45) is 0.165. The molecule has 2 rings (SSSR count). The van der Waals surface area contributed by atoms with Crippen LogP contribution in [0, 0.1) is 0 Å². The second-order valence-corrected chi connectivity index (χ2v) is 5.37. The number of nitrogens with one attached hydrogen (secondary N) is 2. The van der Waals surface area contributed by atoms with Crippen molar-refractivity contribution in [2.75, 3.05) is 17.2 Å². The van der Waals surface area contributed by atoms with Crippen molar-refractivity contribution in [1.82, 2.24) is 4.98 Å². The Balaban J connectivity index is 2.00. The number of hydrogen-bond acceptors (Lipinski definition) is 6. The maximum absolute atomic E-state index is 11.4. The van der Waals surface area contributed by atoms with Crippen molar-refractivity contribution in [3.05, 3.63) is 35.3 Å². The number of carbonyl (C=O) groups is 2. The number of benzene rings is 1. The predicted molar refractivity (Wildman–Crippen MR) is 86.5 cm³/mol. The first-order chi connectivity index (χ1) is 10.6. The molecule has 1 heterocycles. The number of ether oxygens (including phenoxy) is 1. The number of rotatable bonds is 6. The van der Waals surface area contributed by atoms with Crippen LogP contribution in [0.4, 0.5) is 16.5 Å². The Morgan fingerprint density at radius 2 is 2.09 bits per heavy atom. The molecule has 6 nitrogen and oxygen atoms in total. The zero-order valence-corrected chi connectivity index (χ0v) is 13.2. The third-order valence-electron chi connectivity index (χ3n) is 2.62. The van der Waals surface area contributed by atoms with E-state index in [0.717, 1.165) is 5.69 Å². The van der Waals surface area contributed by atoms with Crippen molar-refractivity contribution < 1.29 is 14.3 Å². The second kappa shape index (κ2) is 7.56. The molecule has 7 heteroatoms. The van der Waals surface area contributed by atoms with E-state index < -0.39 is 0 Å². The molecular weight excluding hydrogens is 302 g/mol. The lowest BCUT2D eigenvalue weighted by atomic mass is 10.3. The average molecular weight is 319 g/mol. The van der Waals surface area contributed by atoms with Crippen LogP contribution in [0.1, 0.15) is 19.5 Å². The molecule has 0 fully saturated rings. The van der Waals surface area contributed by atoms with Gasteiger partial charge in [-0.2, -0.15) is 0 Å².